The molecule has 2 aromatic heterocycles. The van der Waals surface area contributed by atoms with Crippen LogP contribution in [0.15, 0.2) is 12.7 Å². The summed E-state index contributed by atoms with van der Waals surface area (Å²) >= 11 is 0. The molecule has 10 heteroatoms. The van der Waals surface area contributed by atoms with E-state index in [1.54, 1.807) is 4.57 Å². The third-order valence-electron chi connectivity index (χ3n) is 4.14. The molecule has 2 saturated heterocycles. The zero-order valence-corrected chi connectivity index (χ0v) is 11.4. The van der Waals surface area contributed by atoms with Gasteiger partial charge in [0.1, 0.15) is 29.7 Å². The number of imidazole rings is 1. The number of aliphatic hydroxyl groups excluding tert-OH is 1. The second kappa shape index (κ2) is 4.35. The van der Waals surface area contributed by atoms with E-state index in [9.17, 15) is 9.90 Å². The van der Waals surface area contributed by atoms with Gasteiger partial charge >= 0.3 is 0 Å². The highest BCUT2D eigenvalue weighted by Gasteiger charge is 2.62. The van der Waals surface area contributed by atoms with Gasteiger partial charge in [0, 0.05) is 0 Å². The molecule has 5 N–H and O–H groups in total. The Morgan fingerprint density at radius 3 is 3.09 bits per heavy atom. The standard InChI is InChI=1S/C12H14N6O4/c13-5(19)1-12-2-21-7(8(12)20)11(22-12)18-4-17-6-9(14)15-3-16-10(6)18/h3-4,7-8,11,20H,1-2H2,(H2,13,19)(H2,14,15,16)/t7-,8+,11-,12+/m1/s1. The van der Waals surface area contributed by atoms with Crippen LogP contribution >= 0.6 is 0 Å². The molecule has 0 aliphatic carbocycles. The molecule has 0 aromatic carbocycles. The second-order valence-electron chi connectivity index (χ2n) is 5.52. The van der Waals surface area contributed by atoms with Gasteiger partial charge in [0.2, 0.25) is 5.91 Å². The lowest BCUT2D eigenvalue weighted by atomic mass is 9.95. The summed E-state index contributed by atoms with van der Waals surface area (Å²) in [6.07, 6.45) is 0.441. The minimum absolute atomic E-state index is 0.113. The number of carbonyl (C=O) groups is 1. The lowest BCUT2D eigenvalue weighted by molar-refractivity contribution is -0.177. The van der Waals surface area contributed by atoms with Gasteiger partial charge in [-0.25, -0.2) is 15.0 Å². The quantitative estimate of drug-likeness (QED) is 0.607. The Morgan fingerprint density at radius 2 is 2.32 bits per heavy atom. The lowest BCUT2D eigenvalue weighted by Crippen LogP contribution is -2.44. The molecule has 2 aliphatic heterocycles. The maximum absolute atomic E-state index is 11.3. The summed E-state index contributed by atoms with van der Waals surface area (Å²) < 4.78 is 13.1. The summed E-state index contributed by atoms with van der Waals surface area (Å²) in [6.45, 7) is 0.113. The number of nitrogens with two attached hydrogens (primary N) is 2. The van der Waals surface area contributed by atoms with E-state index in [1.807, 2.05) is 0 Å². The Balaban J connectivity index is 1.75. The number of ether oxygens (including phenoxy) is 2. The SMILES string of the molecule is NC(=O)C[C@@]12CO[C@@H]([C@H](n3cnc4c(N)ncnc43)O1)[C@@H]2O. The molecule has 2 bridgehead atoms. The lowest BCUT2D eigenvalue weighted by Gasteiger charge is -2.30. The summed E-state index contributed by atoms with van der Waals surface area (Å²) in [7, 11) is 0. The van der Waals surface area contributed by atoms with Crippen LogP contribution in [0.1, 0.15) is 12.6 Å². The number of fused-ring (bicyclic) bond motifs is 3. The molecule has 2 aliphatic rings. The van der Waals surface area contributed by atoms with E-state index in [0.717, 1.165) is 0 Å². The van der Waals surface area contributed by atoms with Crippen LogP contribution in [0.25, 0.3) is 11.2 Å². The first kappa shape index (κ1) is 13.4. The van der Waals surface area contributed by atoms with Crippen molar-refractivity contribution in [2.75, 3.05) is 12.3 Å². The van der Waals surface area contributed by atoms with Crippen molar-refractivity contribution >= 4 is 22.9 Å². The van der Waals surface area contributed by atoms with Crippen molar-refractivity contribution in [2.24, 2.45) is 5.73 Å². The number of aromatic nitrogens is 4. The number of rotatable bonds is 3. The highest BCUT2D eigenvalue weighted by atomic mass is 16.6. The Bertz CT molecular complexity index is 763. The van der Waals surface area contributed by atoms with E-state index in [-0.39, 0.29) is 18.8 Å². The van der Waals surface area contributed by atoms with E-state index in [1.165, 1.54) is 12.7 Å². The minimum atomic E-state index is -1.13. The van der Waals surface area contributed by atoms with E-state index in [0.29, 0.717) is 11.2 Å². The topological polar surface area (TPSA) is 151 Å². The van der Waals surface area contributed by atoms with Crippen LogP contribution in [0.3, 0.4) is 0 Å². The zero-order chi connectivity index (χ0) is 15.5. The first-order valence-electron chi connectivity index (χ1n) is 6.71. The molecule has 116 valence electrons. The fraction of sp³-hybridized carbons (Fsp3) is 0.500. The minimum Gasteiger partial charge on any atom is -0.387 e. The molecular weight excluding hydrogens is 292 g/mol. The molecule has 2 fully saturated rings. The second-order valence-corrected chi connectivity index (χ2v) is 5.52. The molecule has 4 heterocycles. The van der Waals surface area contributed by atoms with Gasteiger partial charge in [-0.15, -0.1) is 0 Å². The first-order chi connectivity index (χ1) is 10.5. The van der Waals surface area contributed by atoms with Gasteiger partial charge in [-0.05, 0) is 0 Å². The summed E-state index contributed by atoms with van der Waals surface area (Å²) in [5.41, 5.74) is 10.8. The molecule has 0 unspecified atom stereocenters. The average molecular weight is 306 g/mol. The number of hydrogen-bond donors (Lipinski definition) is 3. The molecule has 0 radical (unpaired) electrons. The molecule has 4 atom stereocenters. The Labute approximate surface area is 124 Å². The third kappa shape index (κ3) is 1.65. The molecule has 0 spiro atoms. The van der Waals surface area contributed by atoms with Crippen LogP contribution in [0.4, 0.5) is 5.82 Å². The van der Waals surface area contributed by atoms with Crippen LogP contribution in [-0.4, -0.2) is 54.9 Å². The number of carbonyl (C=O) groups excluding carboxylic acids is 1. The molecule has 22 heavy (non-hydrogen) atoms. The van der Waals surface area contributed by atoms with Gasteiger partial charge in [-0.2, -0.15) is 0 Å². The van der Waals surface area contributed by atoms with Crippen molar-refractivity contribution < 1.29 is 19.4 Å². The molecule has 0 saturated carbocycles. The molecule has 4 rings (SSSR count). The first-order valence-corrected chi connectivity index (χ1v) is 6.71. The highest BCUT2D eigenvalue weighted by Crippen LogP contribution is 2.47. The number of amides is 1. The zero-order valence-electron chi connectivity index (χ0n) is 11.4. The summed E-state index contributed by atoms with van der Waals surface area (Å²) in [4.78, 5) is 23.4. The number of nitrogen functional groups attached to an aromatic ring is 1. The van der Waals surface area contributed by atoms with Crippen LogP contribution < -0.4 is 11.5 Å². The number of aliphatic hydroxyl groups is 1. The van der Waals surface area contributed by atoms with Crippen molar-refractivity contribution in [2.45, 2.75) is 30.5 Å². The molecular formula is C12H14N6O4. The summed E-state index contributed by atoms with van der Waals surface area (Å²) in [5.74, 6) is -0.314. The van der Waals surface area contributed by atoms with Crippen molar-refractivity contribution in [3.8, 4) is 0 Å². The van der Waals surface area contributed by atoms with Gasteiger partial charge < -0.3 is 26.0 Å². The highest BCUT2D eigenvalue weighted by molar-refractivity contribution is 5.81. The predicted molar refractivity (Wildman–Crippen MR) is 72.1 cm³/mol. The Hall–Kier alpha value is -2.30. The predicted octanol–water partition coefficient (Wildman–Crippen LogP) is -1.69. The van der Waals surface area contributed by atoms with E-state index in [4.69, 9.17) is 20.9 Å². The number of anilines is 1. The normalized spacial score (nSPS) is 33.6. The van der Waals surface area contributed by atoms with Crippen LogP contribution in [-0.2, 0) is 14.3 Å². The third-order valence-corrected chi connectivity index (χ3v) is 4.14. The van der Waals surface area contributed by atoms with Crippen molar-refractivity contribution in [3.05, 3.63) is 12.7 Å². The van der Waals surface area contributed by atoms with E-state index >= 15 is 0 Å². The average Bonchev–Trinajstić information content (AvgIpc) is 3.09. The smallest absolute Gasteiger partial charge is 0.220 e. The monoisotopic (exact) mass is 306 g/mol. The largest absolute Gasteiger partial charge is 0.387 e. The number of primary amides is 1. The molecule has 10 nitrogen and oxygen atoms in total. The van der Waals surface area contributed by atoms with E-state index < -0.39 is 29.9 Å². The van der Waals surface area contributed by atoms with Gasteiger partial charge in [-0.1, -0.05) is 0 Å². The maximum Gasteiger partial charge on any atom is 0.220 e. The summed E-state index contributed by atoms with van der Waals surface area (Å²) in [6, 6.07) is 0. The fourth-order valence-corrected chi connectivity index (χ4v) is 3.13. The van der Waals surface area contributed by atoms with Gasteiger partial charge in [0.05, 0.1) is 19.4 Å². The van der Waals surface area contributed by atoms with Gasteiger partial charge in [0.15, 0.2) is 17.7 Å². The molecule has 2 aromatic rings. The molecule has 1 amide bonds. The van der Waals surface area contributed by atoms with Crippen LogP contribution in [0, 0.1) is 0 Å². The number of hydrogen-bond acceptors (Lipinski definition) is 8. The van der Waals surface area contributed by atoms with Crippen LogP contribution in [0.5, 0.6) is 0 Å². The Morgan fingerprint density at radius 1 is 1.50 bits per heavy atom. The van der Waals surface area contributed by atoms with Crippen molar-refractivity contribution in [1.29, 1.82) is 0 Å². The number of nitrogens with zero attached hydrogens (tertiary/aromatic N) is 4. The maximum atomic E-state index is 11.3. The van der Waals surface area contributed by atoms with E-state index in [2.05, 4.69) is 15.0 Å². The summed E-state index contributed by atoms with van der Waals surface area (Å²) in [5, 5.41) is 10.4. The fourth-order valence-electron chi connectivity index (χ4n) is 3.13. The van der Waals surface area contributed by atoms with Gasteiger partial charge in [0.25, 0.3) is 0 Å². The van der Waals surface area contributed by atoms with Gasteiger partial charge in [-0.3, -0.25) is 9.36 Å². The van der Waals surface area contributed by atoms with Crippen LogP contribution in [0.2, 0.25) is 0 Å². The van der Waals surface area contributed by atoms with Crippen molar-refractivity contribution in [3.63, 3.8) is 0 Å². The van der Waals surface area contributed by atoms with Crippen molar-refractivity contribution in [1.82, 2.24) is 19.5 Å². The Kier molecular flexibility index (Phi) is 2.64.